The van der Waals surface area contributed by atoms with E-state index in [-0.39, 0.29) is 24.7 Å². The van der Waals surface area contributed by atoms with Crippen LogP contribution in [-0.4, -0.2) is 56.9 Å². The molecule has 1 aromatic rings. The van der Waals surface area contributed by atoms with E-state index in [1.54, 1.807) is 31.3 Å². The van der Waals surface area contributed by atoms with Crippen molar-refractivity contribution in [1.29, 1.82) is 0 Å². The number of amides is 1. The van der Waals surface area contributed by atoms with E-state index in [9.17, 15) is 4.79 Å². The van der Waals surface area contributed by atoms with Gasteiger partial charge in [0.25, 0.3) is 5.91 Å². The number of carbonyl (C=O) groups excluding carboxylic acids is 1. The lowest BCUT2D eigenvalue weighted by Gasteiger charge is -2.24. The van der Waals surface area contributed by atoms with Gasteiger partial charge in [0, 0.05) is 31.4 Å². The van der Waals surface area contributed by atoms with Gasteiger partial charge in [-0.1, -0.05) is 17.7 Å². The molecule has 0 aromatic heterocycles. The van der Waals surface area contributed by atoms with Crippen LogP contribution in [0.3, 0.4) is 0 Å². The topological polar surface area (TPSA) is 48.0 Å². The van der Waals surface area contributed by atoms with Gasteiger partial charge in [-0.3, -0.25) is 4.79 Å². The van der Waals surface area contributed by atoms with Crippen molar-refractivity contribution in [3.63, 3.8) is 0 Å². The van der Waals surface area contributed by atoms with Crippen LogP contribution >= 0.6 is 11.6 Å². The van der Waals surface area contributed by atoms with E-state index in [0.717, 1.165) is 12.0 Å². The zero-order chi connectivity index (χ0) is 16.1. The van der Waals surface area contributed by atoms with Crippen LogP contribution in [0.5, 0.6) is 5.75 Å². The molecule has 1 heterocycles. The molecule has 1 saturated heterocycles. The molecule has 0 saturated carbocycles. The van der Waals surface area contributed by atoms with Crippen molar-refractivity contribution in [3.05, 3.63) is 28.8 Å². The molecule has 122 valence electrons. The van der Waals surface area contributed by atoms with Crippen molar-refractivity contribution in [1.82, 2.24) is 4.90 Å². The molecule has 1 fully saturated rings. The highest BCUT2D eigenvalue weighted by molar-refractivity contribution is 6.31. The summed E-state index contributed by atoms with van der Waals surface area (Å²) in [6.07, 6.45) is 0.837. The largest absolute Gasteiger partial charge is 0.483 e. The van der Waals surface area contributed by atoms with Gasteiger partial charge in [0.2, 0.25) is 0 Å². The second-order valence-corrected chi connectivity index (χ2v) is 5.81. The first-order chi connectivity index (χ1) is 10.6. The van der Waals surface area contributed by atoms with Crippen LogP contribution in [0.1, 0.15) is 12.0 Å². The van der Waals surface area contributed by atoms with Crippen LogP contribution in [0.25, 0.3) is 0 Å². The van der Waals surface area contributed by atoms with Gasteiger partial charge in [-0.05, 0) is 25.5 Å². The lowest BCUT2D eigenvalue weighted by atomic mass is 10.2. The van der Waals surface area contributed by atoms with Crippen LogP contribution in [0.4, 0.5) is 0 Å². The third kappa shape index (κ3) is 3.91. The lowest BCUT2D eigenvalue weighted by molar-refractivity contribution is -0.135. The fourth-order valence-electron chi connectivity index (χ4n) is 2.67. The Hall–Kier alpha value is -1.30. The number of halogens is 1. The van der Waals surface area contributed by atoms with Crippen LogP contribution in [0.15, 0.2) is 18.2 Å². The molecule has 0 unspecified atom stereocenters. The van der Waals surface area contributed by atoms with E-state index in [1.165, 1.54) is 0 Å². The van der Waals surface area contributed by atoms with E-state index >= 15 is 0 Å². The first kappa shape index (κ1) is 17.1. The van der Waals surface area contributed by atoms with Crippen molar-refractivity contribution in [2.75, 3.05) is 34.0 Å². The summed E-state index contributed by atoms with van der Waals surface area (Å²) in [6.45, 7) is 2.92. The number of carbonyl (C=O) groups is 1. The summed E-state index contributed by atoms with van der Waals surface area (Å²) >= 11 is 6.05. The Morgan fingerprint density at radius 1 is 1.41 bits per heavy atom. The zero-order valence-electron chi connectivity index (χ0n) is 13.2. The van der Waals surface area contributed by atoms with Gasteiger partial charge < -0.3 is 19.1 Å². The number of likely N-dealkylation sites (tertiary alicyclic amines) is 1. The normalized spacial score (nSPS) is 21.2. The first-order valence-corrected chi connectivity index (χ1v) is 7.63. The van der Waals surface area contributed by atoms with E-state index in [1.807, 2.05) is 13.0 Å². The van der Waals surface area contributed by atoms with Gasteiger partial charge in [0.15, 0.2) is 6.61 Å². The third-order valence-corrected chi connectivity index (χ3v) is 4.37. The molecule has 1 amide bonds. The average molecular weight is 328 g/mol. The average Bonchev–Trinajstić information content (AvgIpc) is 2.92. The minimum absolute atomic E-state index is 0.0160. The smallest absolute Gasteiger partial charge is 0.260 e. The summed E-state index contributed by atoms with van der Waals surface area (Å²) in [5.74, 6) is 0.563. The fraction of sp³-hybridized carbons (Fsp3) is 0.562. The SMILES string of the molecule is COC[C@@H]1C[C@@H](OC)CN1C(=O)COc1cccc(Cl)c1C. The standard InChI is InChI=1S/C16H22ClNO4/c1-11-14(17)5-4-6-15(11)22-10-16(19)18-8-13(21-3)7-12(18)9-20-2/h4-6,12-13H,7-10H2,1-3H3/t12-,13+/m0/s1. The van der Waals surface area contributed by atoms with Crippen LogP contribution < -0.4 is 4.74 Å². The minimum atomic E-state index is -0.0685. The molecule has 2 atom stereocenters. The molecule has 1 aliphatic rings. The molecule has 0 aliphatic carbocycles. The fourth-order valence-corrected chi connectivity index (χ4v) is 2.83. The molecule has 0 radical (unpaired) electrons. The number of benzene rings is 1. The summed E-state index contributed by atoms with van der Waals surface area (Å²) < 4.78 is 16.2. The monoisotopic (exact) mass is 327 g/mol. The number of hydrogen-bond donors (Lipinski definition) is 0. The molecule has 2 rings (SSSR count). The maximum atomic E-state index is 12.4. The Balaban J connectivity index is 1.97. The highest BCUT2D eigenvalue weighted by Gasteiger charge is 2.35. The summed E-state index contributed by atoms with van der Waals surface area (Å²) in [7, 11) is 3.29. The predicted molar refractivity (Wildman–Crippen MR) is 84.5 cm³/mol. The summed E-state index contributed by atoms with van der Waals surface area (Å²) in [5.41, 5.74) is 0.835. The maximum absolute atomic E-state index is 12.4. The summed E-state index contributed by atoms with van der Waals surface area (Å²) in [5, 5.41) is 0.628. The van der Waals surface area contributed by atoms with E-state index < -0.39 is 0 Å². The van der Waals surface area contributed by atoms with Crippen molar-refractivity contribution >= 4 is 17.5 Å². The van der Waals surface area contributed by atoms with Gasteiger partial charge in [-0.15, -0.1) is 0 Å². The second kappa shape index (κ2) is 7.81. The molecule has 5 nitrogen and oxygen atoms in total. The van der Waals surface area contributed by atoms with Gasteiger partial charge in [-0.25, -0.2) is 0 Å². The number of methoxy groups -OCH3 is 2. The van der Waals surface area contributed by atoms with Gasteiger partial charge >= 0.3 is 0 Å². The van der Waals surface area contributed by atoms with E-state index in [2.05, 4.69) is 0 Å². The van der Waals surface area contributed by atoms with Gasteiger partial charge in [0.05, 0.1) is 18.8 Å². The van der Waals surface area contributed by atoms with Gasteiger partial charge in [-0.2, -0.15) is 0 Å². The van der Waals surface area contributed by atoms with E-state index in [4.69, 9.17) is 25.8 Å². The lowest BCUT2D eigenvalue weighted by Crippen LogP contribution is -2.41. The molecule has 1 aliphatic heterocycles. The molecular weight excluding hydrogens is 306 g/mol. The van der Waals surface area contributed by atoms with Crippen molar-refractivity contribution in [2.24, 2.45) is 0 Å². The molecule has 22 heavy (non-hydrogen) atoms. The number of nitrogens with zero attached hydrogens (tertiary/aromatic N) is 1. The quantitative estimate of drug-likeness (QED) is 0.804. The molecule has 0 N–H and O–H groups in total. The first-order valence-electron chi connectivity index (χ1n) is 7.26. The molecule has 0 bridgehead atoms. The van der Waals surface area contributed by atoms with Crippen molar-refractivity contribution < 1.29 is 19.0 Å². The Bertz CT molecular complexity index is 523. The maximum Gasteiger partial charge on any atom is 0.260 e. The van der Waals surface area contributed by atoms with Crippen LogP contribution in [0, 0.1) is 6.92 Å². The minimum Gasteiger partial charge on any atom is -0.483 e. The predicted octanol–water partition coefficient (Wildman–Crippen LogP) is 2.29. The Morgan fingerprint density at radius 3 is 2.86 bits per heavy atom. The Labute approximate surface area is 136 Å². The number of rotatable bonds is 6. The van der Waals surface area contributed by atoms with Crippen LogP contribution in [-0.2, 0) is 14.3 Å². The molecular formula is C16H22ClNO4. The Kier molecular flexibility index (Phi) is 6.06. The molecule has 6 heteroatoms. The number of ether oxygens (including phenoxy) is 3. The molecule has 0 spiro atoms. The van der Waals surface area contributed by atoms with Crippen LogP contribution in [0.2, 0.25) is 5.02 Å². The van der Waals surface area contributed by atoms with Crippen molar-refractivity contribution in [3.8, 4) is 5.75 Å². The zero-order valence-corrected chi connectivity index (χ0v) is 13.9. The van der Waals surface area contributed by atoms with Crippen molar-refractivity contribution in [2.45, 2.75) is 25.5 Å². The number of hydrogen-bond acceptors (Lipinski definition) is 4. The van der Waals surface area contributed by atoms with Gasteiger partial charge in [0.1, 0.15) is 5.75 Å². The summed E-state index contributed by atoms with van der Waals surface area (Å²) in [4.78, 5) is 14.2. The Morgan fingerprint density at radius 2 is 2.18 bits per heavy atom. The third-order valence-electron chi connectivity index (χ3n) is 3.96. The summed E-state index contributed by atoms with van der Waals surface area (Å²) in [6, 6.07) is 5.44. The second-order valence-electron chi connectivity index (χ2n) is 5.40. The highest BCUT2D eigenvalue weighted by atomic mass is 35.5. The highest BCUT2D eigenvalue weighted by Crippen LogP contribution is 2.25. The molecule has 1 aromatic carbocycles. The van der Waals surface area contributed by atoms with E-state index in [0.29, 0.717) is 23.9 Å².